The molecule has 1 rings (SSSR count). The Hall–Kier alpha value is -0.940. The molecule has 1 aromatic rings. The van der Waals surface area contributed by atoms with E-state index < -0.39 is 9.84 Å². The number of hydrogen-bond donors (Lipinski definition) is 1. The zero-order chi connectivity index (χ0) is 13.8. The minimum Gasteiger partial charge on any atom is -0.313 e. The van der Waals surface area contributed by atoms with Crippen molar-refractivity contribution in [3.8, 4) is 0 Å². The molecule has 1 aromatic carbocycles. The number of aryl methyl sites for hydroxylation is 1. The third kappa shape index (κ3) is 5.14. The highest BCUT2D eigenvalue weighted by Crippen LogP contribution is 2.20. The first-order valence-electron chi connectivity index (χ1n) is 5.94. The molecule has 0 aliphatic heterocycles. The third-order valence-corrected chi connectivity index (χ3v) is 3.85. The summed E-state index contributed by atoms with van der Waals surface area (Å²) in [6.07, 6.45) is 2.47. The van der Waals surface area contributed by atoms with Crippen molar-refractivity contribution < 1.29 is 12.8 Å². The zero-order valence-electron chi connectivity index (χ0n) is 11.0. The van der Waals surface area contributed by atoms with Gasteiger partial charge in [0, 0.05) is 18.1 Å². The fourth-order valence-corrected chi connectivity index (χ4v) is 2.68. The van der Waals surface area contributed by atoms with Gasteiger partial charge in [-0.05, 0) is 50.1 Å². The van der Waals surface area contributed by atoms with Crippen LogP contribution in [0, 0.1) is 12.7 Å². The third-order valence-electron chi connectivity index (χ3n) is 2.82. The van der Waals surface area contributed by atoms with Gasteiger partial charge in [-0.3, -0.25) is 0 Å². The molecule has 0 spiro atoms. The quantitative estimate of drug-likeness (QED) is 0.864. The molecule has 0 radical (unpaired) electrons. The molecule has 18 heavy (non-hydrogen) atoms. The van der Waals surface area contributed by atoms with Gasteiger partial charge < -0.3 is 5.32 Å². The fourth-order valence-electron chi connectivity index (χ4n) is 1.99. The Morgan fingerprint density at radius 1 is 1.33 bits per heavy atom. The van der Waals surface area contributed by atoms with Crippen LogP contribution in [0.5, 0.6) is 0 Å². The Kier molecular flexibility index (Phi) is 5.28. The maximum absolute atomic E-state index is 13.3. The van der Waals surface area contributed by atoms with Gasteiger partial charge in [-0.15, -0.1) is 0 Å². The Labute approximate surface area is 108 Å². The molecule has 0 aromatic heterocycles. The molecule has 1 unspecified atom stereocenters. The number of nitrogens with one attached hydrogen (secondary N) is 1. The van der Waals surface area contributed by atoms with Crippen LogP contribution in [0.25, 0.3) is 0 Å². The van der Waals surface area contributed by atoms with Gasteiger partial charge in [-0.25, -0.2) is 12.8 Å². The Bertz CT molecular complexity index is 479. The van der Waals surface area contributed by atoms with Gasteiger partial charge in [0.05, 0.1) is 0 Å². The van der Waals surface area contributed by atoms with Crippen molar-refractivity contribution in [3.05, 3.63) is 35.1 Å². The maximum Gasteiger partial charge on any atom is 0.147 e. The van der Waals surface area contributed by atoms with E-state index in [9.17, 15) is 12.8 Å². The lowest BCUT2D eigenvalue weighted by Gasteiger charge is -2.17. The van der Waals surface area contributed by atoms with E-state index in [1.807, 2.05) is 13.0 Å². The lowest BCUT2D eigenvalue weighted by Crippen LogP contribution is -2.18. The Morgan fingerprint density at radius 3 is 2.50 bits per heavy atom. The summed E-state index contributed by atoms with van der Waals surface area (Å²) >= 11 is 0. The predicted molar refractivity (Wildman–Crippen MR) is 71.9 cm³/mol. The normalized spacial score (nSPS) is 13.6. The van der Waals surface area contributed by atoms with Gasteiger partial charge >= 0.3 is 0 Å². The number of benzene rings is 1. The van der Waals surface area contributed by atoms with E-state index in [1.165, 1.54) is 18.4 Å². The SMILES string of the molecule is CNC(CCCS(C)(=O)=O)c1cc(C)cc(F)c1. The molecule has 0 fully saturated rings. The Balaban J connectivity index is 2.71. The van der Waals surface area contributed by atoms with E-state index >= 15 is 0 Å². The lowest BCUT2D eigenvalue weighted by atomic mass is 10.0. The van der Waals surface area contributed by atoms with E-state index in [1.54, 1.807) is 7.05 Å². The van der Waals surface area contributed by atoms with Crippen molar-refractivity contribution in [2.45, 2.75) is 25.8 Å². The summed E-state index contributed by atoms with van der Waals surface area (Å²) in [6, 6.07) is 4.88. The summed E-state index contributed by atoms with van der Waals surface area (Å²) in [6.45, 7) is 1.84. The molecule has 1 N–H and O–H groups in total. The van der Waals surface area contributed by atoms with Gasteiger partial charge in [0.25, 0.3) is 0 Å². The summed E-state index contributed by atoms with van der Waals surface area (Å²) in [7, 11) is -1.13. The molecule has 5 heteroatoms. The van der Waals surface area contributed by atoms with Crippen LogP contribution in [0.15, 0.2) is 18.2 Å². The van der Waals surface area contributed by atoms with Crippen LogP contribution in [0.3, 0.4) is 0 Å². The summed E-state index contributed by atoms with van der Waals surface area (Å²) in [5.74, 6) is -0.0900. The molecule has 1 atom stereocenters. The van der Waals surface area contributed by atoms with E-state index in [0.717, 1.165) is 11.1 Å². The second kappa shape index (κ2) is 6.29. The van der Waals surface area contributed by atoms with Crippen molar-refractivity contribution in [3.63, 3.8) is 0 Å². The van der Waals surface area contributed by atoms with Crippen molar-refractivity contribution in [2.75, 3.05) is 19.1 Å². The molecule has 0 saturated heterocycles. The van der Waals surface area contributed by atoms with Crippen LogP contribution in [0.2, 0.25) is 0 Å². The highest BCUT2D eigenvalue weighted by molar-refractivity contribution is 7.90. The predicted octanol–water partition coefficient (Wildman–Crippen LogP) is 2.22. The van der Waals surface area contributed by atoms with Gasteiger partial charge in [-0.1, -0.05) is 6.07 Å². The van der Waals surface area contributed by atoms with Crippen molar-refractivity contribution >= 4 is 9.84 Å². The van der Waals surface area contributed by atoms with Crippen LogP contribution in [0.1, 0.15) is 30.0 Å². The van der Waals surface area contributed by atoms with Crippen LogP contribution in [-0.4, -0.2) is 27.5 Å². The first kappa shape index (κ1) is 15.1. The zero-order valence-corrected chi connectivity index (χ0v) is 11.8. The summed E-state index contributed by atoms with van der Waals surface area (Å²) in [4.78, 5) is 0. The van der Waals surface area contributed by atoms with Crippen molar-refractivity contribution in [1.82, 2.24) is 5.32 Å². The molecule has 0 saturated carbocycles. The van der Waals surface area contributed by atoms with Gasteiger partial charge in [0.1, 0.15) is 15.7 Å². The van der Waals surface area contributed by atoms with E-state index in [0.29, 0.717) is 12.8 Å². The van der Waals surface area contributed by atoms with Crippen LogP contribution in [-0.2, 0) is 9.84 Å². The largest absolute Gasteiger partial charge is 0.313 e. The monoisotopic (exact) mass is 273 g/mol. The molecule has 3 nitrogen and oxygen atoms in total. The average molecular weight is 273 g/mol. The molecule has 0 bridgehead atoms. The minimum atomic E-state index is -2.93. The Morgan fingerprint density at radius 2 is 2.00 bits per heavy atom. The van der Waals surface area contributed by atoms with E-state index in [-0.39, 0.29) is 17.6 Å². The molecule has 0 aliphatic rings. The van der Waals surface area contributed by atoms with E-state index in [2.05, 4.69) is 5.32 Å². The molecule has 102 valence electrons. The topological polar surface area (TPSA) is 46.2 Å². The standard InChI is InChI=1S/C13H20FNO2S/c1-10-7-11(9-12(14)8-10)13(15-2)5-4-6-18(3,16)17/h7-9,13,15H,4-6H2,1-3H3. The second-order valence-corrected chi connectivity index (χ2v) is 6.94. The molecule has 0 aliphatic carbocycles. The first-order chi connectivity index (χ1) is 8.31. The van der Waals surface area contributed by atoms with Crippen LogP contribution >= 0.6 is 0 Å². The van der Waals surface area contributed by atoms with Gasteiger partial charge in [0.2, 0.25) is 0 Å². The lowest BCUT2D eigenvalue weighted by molar-refractivity contribution is 0.530. The first-order valence-corrected chi connectivity index (χ1v) is 8.00. The fraction of sp³-hybridized carbons (Fsp3) is 0.538. The highest BCUT2D eigenvalue weighted by atomic mass is 32.2. The molecule has 0 heterocycles. The number of hydrogen-bond acceptors (Lipinski definition) is 3. The molecular formula is C13H20FNO2S. The molecular weight excluding hydrogens is 253 g/mol. The summed E-state index contributed by atoms with van der Waals surface area (Å²) < 4.78 is 35.4. The van der Waals surface area contributed by atoms with Crippen LogP contribution in [0.4, 0.5) is 4.39 Å². The number of halogens is 1. The number of sulfone groups is 1. The van der Waals surface area contributed by atoms with Crippen LogP contribution < -0.4 is 5.32 Å². The maximum atomic E-state index is 13.3. The smallest absolute Gasteiger partial charge is 0.147 e. The van der Waals surface area contributed by atoms with E-state index in [4.69, 9.17) is 0 Å². The number of rotatable bonds is 6. The van der Waals surface area contributed by atoms with Gasteiger partial charge in [0.15, 0.2) is 0 Å². The second-order valence-electron chi connectivity index (χ2n) is 4.68. The van der Waals surface area contributed by atoms with Gasteiger partial charge in [-0.2, -0.15) is 0 Å². The highest BCUT2D eigenvalue weighted by Gasteiger charge is 2.12. The summed E-state index contributed by atoms with van der Waals surface area (Å²) in [5, 5.41) is 3.10. The van der Waals surface area contributed by atoms with Crippen molar-refractivity contribution in [1.29, 1.82) is 0 Å². The van der Waals surface area contributed by atoms with Crippen molar-refractivity contribution in [2.24, 2.45) is 0 Å². The molecule has 0 amide bonds. The minimum absolute atomic E-state index is 0.0128. The average Bonchev–Trinajstić information content (AvgIpc) is 2.21. The summed E-state index contributed by atoms with van der Waals surface area (Å²) in [5.41, 5.74) is 1.73.